The fourth-order valence-electron chi connectivity index (χ4n) is 1.71. The zero-order valence-corrected chi connectivity index (χ0v) is 13.1. The average Bonchev–Trinajstić information content (AvgIpc) is 2.48. The Morgan fingerprint density at radius 2 is 1.48 bits per heavy atom. The summed E-state index contributed by atoms with van der Waals surface area (Å²) in [4.78, 5) is 7.76. The maximum Gasteiger partial charge on any atom is 0.232 e. The summed E-state index contributed by atoms with van der Waals surface area (Å²) in [6.45, 7) is 0. The highest BCUT2D eigenvalue weighted by molar-refractivity contribution is 6.41. The molecule has 2 aromatic rings. The first-order valence-electron chi connectivity index (χ1n) is 5.80. The molecule has 2 unspecified atom stereocenters. The van der Waals surface area contributed by atoms with Gasteiger partial charge in [-0.25, -0.2) is 9.97 Å². The Hall–Kier alpha value is -1.11. The summed E-state index contributed by atoms with van der Waals surface area (Å²) in [6.07, 6.45) is 0.197. The molecule has 0 spiro atoms. The molecule has 0 saturated carbocycles. The van der Waals surface area contributed by atoms with E-state index in [0.29, 0.717) is 11.1 Å². The van der Waals surface area contributed by atoms with E-state index in [1.165, 1.54) is 31.6 Å². The molecule has 0 radical (unpaired) electrons. The molecule has 8 heteroatoms. The van der Waals surface area contributed by atoms with Crippen molar-refractivity contribution < 1.29 is 14.9 Å². The van der Waals surface area contributed by atoms with E-state index in [1.807, 2.05) is 0 Å². The Morgan fingerprint density at radius 1 is 0.952 bits per heavy atom. The van der Waals surface area contributed by atoms with Crippen molar-refractivity contribution in [2.45, 2.75) is 12.2 Å². The van der Waals surface area contributed by atoms with Gasteiger partial charge in [-0.2, -0.15) is 0 Å². The van der Waals surface area contributed by atoms with Gasteiger partial charge in [-0.05, 0) is 12.1 Å². The highest BCUT2D eigenvalue weighted by Gasteiger charge is 2.22. The highest BCUT2D eigenvalue weighted by Crippen LogP contribution is 2.33. The monoisotopic (exact) mass is 348 g/mol. The number of nitrogens with zero attached hydrogens (tertiary/aromatic N) is 2. The molecular weight excluding hydrogens is 339 g/mol. The first kappa shape index (κ1) is 16.3. The van der Waals surface area contributed by atoms with E-state index >= 15 is 0 Å². The number of halogens is 3. The van der Waals surface area contributed by atoms with Gasteiger partial charge in [0.15, 0.2) is 0 Å². The SMILES string of the molecule is COc1ncc(C(O)C(O)c2cnc(Cl)c(Cl)c2)cc1Cl. The van der Waals surface area contributed by atoms with Crippen LogP contribution in [0.5, 0.6) is 5.88 Å². The van der Waals surface area contributed by atoms with Crippen molar-refractivity contribution in [3.63, 3.8) is 0 Å². The molecule has 2 aromatic heterocycles. The molecule has 0 aliphatic rings. The highest BCUT2D eigenvalue weighted by atomic mass is 35.5. The summed E-state index contributed by atoms with van der Waals surface area (Å²) in [5.41, 5.74) is 0.656. The Bertz CT molecular complexity index is 655. The normalized spacial score (nSPS) is 13.8. The maximum absolute atomic E-state index is 10.2. The van der Waals surface area contributed by atoms with Crippen LogP contribution in [0.1, 0.15) is 23.3 Å². The molecule has 0 saturated heterocycles. The largest absolute Gasteiger partial charge is 0.480 e. The minimum atomic E-state index is -1.25. The van der Waals surface area contributed by atoms with E-state index in [9.17, 15) is 10.2 Å². The van der Waals surface area contributed by atoms with Crippen LogP contribution in [0.2, 0.25) is 15.2 Å². The van der Waals surface area contributed by atoms with Gasteiger partial charge in [0.25, 0.3) is 0 Å². The summed E-state index contributed by atoms with van der Waals surface area (Å²) in [5, 5.41) is 20.9. The molecule has 0 amide bonds. The van der Waals surface area contributed by atoms with Crippen LogP contribution in [0.15, 0.2) is 24.5 Å². The number of ether oxygens (including phenoxy) is 1. The number of pyridine rings is 2. The van der Waals surface area contributed by atoms with Crippen molar-refractivity contribution in [3.8, 4) is 5.88 Å². The summed E-state index contributed by atoms with van der Waals surface area (Å²) in [5.74, 6) is 0.235. The molecule has 5 nitrogen and oxygen atoms in total. The predicted molar refractivity (Wildman–Crippen MR) is 80.0 cm³/mol. The molecule has 0 fully saturated rings. The first-order chi connectivity index (χ1) is 9.93. The standard InChI is InChI=1S/C13H11Cl3N2O3/c1-21-13-9(15)3-7(5-18-13)11(20)10(19)6-2-8(14)12(16)17-4-6/h2-5,10-11,19-20H,1H3. The van der Waals surface area contributed by atoms with Gasteiger partial charge in [0, 0.05) is 23.5 Å². The van der Waals surface area contributed by atoms with Gasteiger partial charge in [-0.15, -0.1) is 0 Å². The van der Waals surface area contributed by atoms with Crippen LogP contribution in [0, 0.1) is 0 Å². The summed E-state index contributed by atoms with van der Waals surface area (Å²) < 4.78 is 4.92. The van der Waals surface area contributed by atoms with Crippen LogP contribution in [0.4, 0.5) is 0 Å². The van der Waals surface area contributed by atoms with Crippen molar-refractivity contribution in [1.82, 2.24) is 9.97 Å². The second-order valence-electron chi connectivity index (χ2n) is 4.19. The van der Waals surface area contributed by atoms with Crippen LogP contribution < -0.4 is 4.74 Å². The van der Waals surface area contributed by atoms with E-state index in [1.54, 1.807) is 0 Å². The summed E-state index contributed by atoms with van der Waals surface area (Å²) in [7, 11) is 1.43. The van der Waals surface area contributed by atoms with Crippen molar-refractivity contribution in [2.24, 2.45) is 0 Å². The topological polar surface area (TPSA) is 75.5 Å². The number of rotatable bonds is 4. The van der Waals surface area contributed by atoms with Crippen LogP contribution >= 0.6 is 34.8 Å². The average molecular weight is 350 g/mol. The third-order valence-corrected chi connectivity index (χ3v) is 3.78. The Labute approximate surface area is 136 Å². The quantitative estimate of drug-likeness (QED) is 0.829. The van der Waals surface area contributed by atoms with Crippen LogP contribution in [-0.4, -0.2) is 27.3 Å². The van der Waals surface area contributed by atoms with Gasteiger partial charge >= 0.3 is 0 Å². The minimum Gasteiger partial charge on any atom is -0.480 e. The third kappa shape index (κ3) is 3.56. The molecule has 112 valence electrons. The molecule has 2 rings (SSSR count). The Kier molecular flexibility index (Phi) is 5.24. The molecule has 0 aromatic carbocycles. The van der Waals surface area contributed by atoms with Crippen molar-refractivity contribution in [1.29, 1.82) is 0 Å². The molecule has 21 heavy (non-hydrogen) atoms. The second kappa shape index (κ2) is 6.77. The van der Waals surface area contributed by atoms with Gasteiger partial charge < -0.3 is 14.9 Å². The van der Waals surface area contributed by atoms with Gasteiger partial charge in [0.1, 0.15) is 22.4 Å². The van der Waals surface area contributed by atoms with E-state index in [-0.39, 0.29) is 21.1 Å². The lowest BCUT2D eigenvalue weighted by atomic mass is 10.0. The Balaban J connectivity index is 2.27. The lowest BCUT2D eigenvalue weighted by Crippen LogP contribution is -2.11. The van der Waals surface area contributed by atoms with E-state index < -0.39 is 12.2 Å². The van der Waals surface area contributed by atoms with Crippen molar-refractivity contribution in [2.75, 3.05) is 7.11 Å². The zero-order valence-electron chi connectivity index (χ0n) is 10.8. The molecule has 2 heterocycles. The molecule has 2 atom stereocenters. The van der Waals surface area contributed by atoms with E-state index in [2.05, 4.69) is 9.97 Å². The summed E-state index contributed by atoms with van der Waals surface area (Å²) >= 11 is 17.5. The molecule has 0 bridgehead atoms. The number of aromatic nitrogens is 2. The fourth-order valence-corrected chi connectivity index (χ4v) is 2.24. The number of hydrogen-bond acceptors (Lipinski definition) is 5. The predicted octanol–water partition coefficient (Wildman–Crippen LogP) is 3.21. The third-order valence-electron chi connectivity index (χ3n) is 2.82. The molecule has 0 aliphatic carbocycles. The number of hydrogen-bond donors (Lipinski definition) is 2. The number of aliphatic hydroxyl groups is 2. The lowest BCUT2D eigenvalue weighted by molar-refractivity contribution is 0.0168. The van der Waals surface area contributed by atoms with Gasteiger partial charge in [-0.1, -0.05) is 34.8 Å². The van der Waals surface area contributed by atoms with Gasteiger partial charge in [0.2, 0.25) is 5.88 Å². The van der Waals surface area contributed by atoms with Gasteiger partial charge in [-0.3, -0.25) is 0 Å². The maximum atomic E-state index is 10.2. The zero-order chi connectivity index (χ0) is 15.6. The van der Waals surface area contributed by atoms with Crippen LogP contribution in [0.3, 0.4) is 0 Å². The first-order valence-corrected chi connectivity index (χ1v) is 6.94. The van der Waals surface area contributed by atoms with Crippen LogP contribution in [-0.2, 0) is 0 Å². The number of aliphatic hydroxyl groups excluding tert-OH is 2. The van der Waals surface area contributed by atoms with Crippen LogP contribution in [0.25, 0.3) is 0 Å². The fraction of sp³-hybridized carbons (Fsp3) is 0.231. The molecule has 2 N–H and O–H groups in total. The smallest absolute Gasteiger partial charge is 0.232 e. The Morgan fingerprint density at radius 3 is 1.95 bits per heavy atom. The number of methoxy groups -OCH3 is 1. The molecular formula is C13H11Cl3N2O3. The summed E-state index contributed by atoms with van der Waals surface area (Å²) in [6, 6.07) is 2.90. The molecule has 0 aliphatic heterocycles. The van der Waals surface area contributed by atoms with E-state index in [4.69, 9.17) is 39.5 Å². The van der Waals surface area contributed by atoms with Crippen molar-refractivity contribution >= 4 is 34.8 Å². The minimum absolute atomic E-state index is 0.122. The van der Waals surface area contributed by atoms with Crippen molar-refractivity contribution in [3.05, 3.63) is 50.9 Å². The lowest BCUT2D eigenvalue weighted by Gasteiger charge is -2.19. The second-order valence-corrected chi connectivity index (χ2v) is 5.36. The van der Waals surface area contributed by atoms with Gasteiger partial charge in [0.05, 0.1) is 12.1 Å². The van der Waals surface area contributed by atoms with E-state index in [0.717, 1.165) is 0 Å².